The van der Waals surface area contributed by atoms with Crippen molar-refractivity contribution in [3.05, 3.63) is 70.3 Å². The van der Waals surface area contributed by atoms with Crippen molar-refractivity contribution in [2.75, 3.05) is 27.7 Å². The summed E-state index contributed by atoms with van der Waals surface area (Å²) in [6, 6.07) is 15.9. The van der Waals surface area contributed by atoms with Crippen LogP contribution >= 0.6 is 11.6 Å². The fourth-order valence-electron chi connectivity index (χ4n) is 4.42. The van der Waals surface area contributed by atoms with Crippen molar-refractivity contribution >= 4 is 17.7 Å². The van der Waals surface area contributed by atoms with Crippen molar-refractivity contribution in [1.82, 2.24) is 4.90 Å². The molecule has 0 heterocycles. The van der Waals surface area contributed by atoms with Crippen LogP contribution < -0.4 is 4.74 Å². The number of methoxy groups -OCH3 is 1. The second-order valence-corrected chi connectivity index (χ2v) is 8.82. The molecule has 1 aliphatic carbocycles. The van der Waals surface area contributed by atoms with E-state index in [1.807, 2.05) is 30.3 Å². The van der Waals surface area contributed by atoms with Gasteiger partial charge in [0.1, 0.15) is 5.75 Å². The second-order valence-electron chi connectivity index (χ2n) is 8.38. The fourth-order valence-corrected chi connectivity index (χ4v) is 4.63. The third-order valence-corrected chi connectivity index (χ3v) is 6.12. The van der Waals surface area contributed by atoms with Gasteiger partial charge in [0.2, 0.25) is 0 Å². The second kappa shape index (κ2) is 9.80. The summed E-state index contributed by atoms with van der Waals surface area (Å²) < 4.78 is 5.28. The summed E-state index contributed by atoms with van der Waals surface area (Å²) in [5, 5.41) is 12.9. The van der Waals surface area contributed by atoms with Gasteiger partial charge < -0.3 is 14.7 Å². The number of rotatable bonds is 6. The van der Waals surface area contributed by atoms with Crippen molar-refractivity contribution in [3.8, 4) is 5.75 Å². The van der Waals surface area contributed by atoms with Crippen LogP contribution in [0.15, 0.2) is 54.1 Å². The molecule has 29 heavy (non-hydrogen) atoms. The summed E-state index contributed by atoms with van der Waals surface area (Å²) in [5.41, 5.74) is 2.39. The Morgan fingerprint density at radius 2 is 1.93 bits per heavy atom. The van der Waals surface area contributed by atoms with E-state index >= 15 is 0 Å². The summed E-state index contributed by atoms with van der Waals surface area (Å²) in [5.74, 6) is 1.01. The van der Waals surface area contributed by atoms with Crippen molar-refractivity contribution in [2.45, 2.75) is 37.7 Å². The van der Waals surface area contributed by atoms with Crippen molar-refractivity contribution in [1.29, 1.82) is 0 Å². The number of halogens is 1. The lowest BCUT2D eigenvalue weighted by molar-refractivity contribution is 0.00517. The highest BCUT2D eigenvalue weighted by atomic mass is 35.5. The molecule has 3 rings (SSSR count). The predicted molar refractivity (Wildman–Crippen MR) is 122 cm³/mol. The maximum atomic E-state index is 12.2. The average Bonchev–Trinajstić information content (AvgIpc) is 2.82. The molecule has 2 aromatic rings. The first-order chi connectivity index (χ1) is 13.9. The molecule has 1 N–H and O–H groups in total. The van der Waals surface area contributed by atoms with Crippen LogP contribution in [0.3, 0.4) is 0 Å². The minimum atomic E-state index is -0.897. The maximum Gasteiger partial charge on any atom is 0.118 e. The normalized spacial score (nSPS) is 23.9. The van der Waals surface area contributed by atoms with E-state index in [-0.39, 0.29) is 5.92 Å². The van der Waals surface area contributed by atoms with Gasteiger partial charge >= 0.3 is 0 Å². The molecule has 0 aliphatic heterocycles. The standard InChI is InChI=1S/C25H32ClNO2/c1-27(2)18-22-9-5-4-8-21(15-19-11-13-24(29-3)14-12-19)25(22,28)17-20-7-6-10-23(26)16-20/h6-7,10-16,22,28H,4-5,8-9,17-18H2,1-3H3/b21-15+. The quantitative estimate of drug-likeness (QED) is 0.638. The molecule has 3 nitrogen and oxygen atoms in total. The lowest BCUT2D eigenvalue weighted by Gasteiger charge is -2.39. The van der Waals surface area contributed by atoms with Gasteiger partial charge in [-0.25, -0.2) is 0 Å². The number of aliphatic hydroxyl groups is 1. The number of hydrogen-bond acceptors (Lipinski definition) is 3. The summed E-state index contributed by atoms with van der Waals surface area (Å²) in [4.78, 5) is 2.18. The third kappa shape index (κ3) is 5.63. The largest absolute Gasteiger partial charge is 0.497 e. The van der Waals surface area contributed by atoms with Gasteiger partial charge in [-0.1, -0.05) is 48.4 Å². The SMILES string of the molecule is COc1ccc(/C=C2\CCCCC(CN(C)C)C2(O)Cc2cccc(Cl)c2)cc1. The van der Waals surface area contributed by atoms with E-state index in [0.29, 0.717) is 11.4 Å². The van der Waals surface area contributed by atoms with E-state index in [0.717, 1.165) is 54.7 Å². The summed E-state index contributed by atoms with van der Waals surface area (Å²) >= 11 is 6.24. The number of hydrogen-bond donors (Lipinski definition) is 1. The molecule has 2 aromatic carbocycles. The van der Waals surface area contributed by atoms with Crippen LogP contribution in [0.4, 0.5) is 0 Å². The summed E-state index contributed by atoms with van der Waals surface area (Å²) in [7, 11) is 5.84. The molecule has 2 unspecified atom stereocenters. The Kier molecular flexibility index (Phi) is 7.39. The molecule has 0 radical (unpaired) electrons. The molecule has 1 fully saturated rings. The van der Waals surface area contributed by atoms with E-state index in [2.05, 4.69) is 43.3 Å². The van der Waals surface area contributed by atoms with Gasteiger partial charge in [-0.3, -0.25) is 0 Å². The lowest BCUT2D eigenvalue weighted by Crippen LogP contribution is -2.45. The smallest absolute Gasteiger partial charge is 0.118 e. The van der Waals surface area contributed by atoms with Gasteiger partial charge in [0.05, 0.1) is 12.7 Å². The highest BCUT2D eigenvalue weighted by Crippen LogP contribution is 2.40. The molecule has 1 saturated carbocycles. The zero-order chi connectivity index (χ0) is 20.9. The monoisotopic (exact) mass is 413 g/mol. The van der Waals surface area contributed by atoms with E-state index in [1.165, 1.54) is 0 Å². The molecule has 4 heteroatoms. The van der Waals surface area contributed by atoms with Crippen molar-refractivity contribution in [3.63, 3.8) is 0 Å². The summed E-state index contributed by atoms with van der Waals surface area (Å²) in [6.07, 6.45) is 6.92. The molecule has 0 amide bonds. The van der Waals surface area contributed by atoms with Gasteiger partial charge in [-0.05, 0) is 74.3 Å². The highest BCUT2D eigenvalue weighted by molar-refractivity contribution is 6.30. The van der Waals surface area contributed by atoms with Crippen LogP contribution in [0.5, 0.6) is 5.75 Å². The van der Waals surface area contributed by atoms with Gasteiger partial charge in [0, 0.05) is 23.9 Å². The van der Waals surface area contributed by atoms with E-state index in [4.69, 9.17) is 16.3 Å². The molecule has 0 aromatic heterocycles. The maximum absolute atomic E-state index is 12.2. The topological polar surface area (TPSA) is 32.7 Å². The Morgan fingerprint density at radius 3 is 2.59 bits per heavy atom. The molecule has 0 spiro atoms. The first-order valence-electron chi connectivity index (χ1n) is 10.4. The molecule has 0 saturated heterocycles. The van der Waals surface area contributed by atoms with Crippen LogP contribution in [-0.4, -0.2) is 43.4 Å². The summed E-state index contributed by atoms with van der Waals surface area (Å²) in [6.45, 7) is 0.858. The number of benzene rings is 2. The van der Waals surface area contributed by atoms with E-state index < -0.39 is 5.60 Å². The Bertz CT molecular complexity index is 831. The van der Waals surface area contributed by atoms with Crippen LogP contribution in [0, 0.1) is 5.92 Å². The molecule has 1 aliphatic rings. The minimum Gasteiger partial charge on any atom is -0.497 e. The van der Waals surface area contributed by atoms with Crippen LogP contribution in [0.2, 0.25) is 5.02 Å². The van der Waals surface area contributed by atoms with Crippen LogP contribution in [0.25, 0.3) is 6.08 Å². The minimum absolute atomic E-state index is 0.170. The molecular formula is C25H32ClNO2. The van der Waals surface area contributed by atoms with E-state index in [9.17, 15) is 5.11 Å². The average molecular weight is 414 g/mol. The third-order valence-electron chi connectivity index (χ3n) is 5.89. The van der Waals surface area contributed by atoms with Crippen LogP contribution in [0.1, 0.15) is 36.8 Å². The van der Waals surface area contributed by atoms with Crippen molar-refractivity contribution < 1.29 is 9.84 Å². The predicted octanol–water partition coefficient (Wildman–Crippen LogP) is 5.46. The number of nitrogens with zero attached hydrogens (tertiary/aromatic N) is 1. The first kappa shape index (κ1) is 21.9. The van der Waals surface area contributed by atoms with Crippen LogP contribution in [-0.2, 0) is 6.42 Å². The molecule has 0 bridgehead atoms. The van der Waals surface area contributed by atoms with Crippen molar-refractivity contribution in [2.24, 2.45) is 5.92 Å². The van der Waals surface area contributed by atoms with E-state index in [1.54, 1.807) is 7.11 Å². The Balaban J connectivity index is 2.02. The van der Waals surface area contributed by atoms with Gasteiger partial charge in [-0.2, -0.15) is 0 Å². The van der Waals surface area contributed by atoms with Gasteiger partial charge in [0.15, 0.2) is 0 Å². The zero-order valence-electron chi connectivity index (χ0n) is 17.7. The van der Waals surface area contributed by atoms with Gasteiger partial charge in [-0.15, -0.1) is 0 Å². The number of ether oxygens (including phenoxy) is 1. The molecule has 156 valence electrons. The first-order valence-corrected chi connectivity index (χ1v) is 10.7. The lowest BCUT2D eigenvalue weighted by atomic mass is 9.75. The Morgan fingerprint density at radius 1 is 1.17 bits per heavy atom. The Labute approximate surface area is 180 Å². The molecule has 2 atom stereocenters. The fraction of sp³-hybridized carbons (Fsp3) is 0.440. The zero-order valence-corrected chi connectivity index (χ0v) is 18.5. The highest BCUT2D eigenvalue weighted by Gasteiger charge is 2.41. The Hall–Kier alpha value is -1.81. The molecular weight excluding hydrogens is 382 g/mol. The van der Waals surface area contributed by atoms with Gasteiger partial charge in [0.25, 0.3) is 0 Å².